The van der Waals surface area contributed by atoms with Crippen molar-refractivity contribution in [3.8, 4) is 6.07 Å². The third-order valence-corrected chi connectivity index (χ3v) is 4.63. The second-order valence-electron chi connectivity index (χ2n) is 6.08. The number of nitrogens with zero attached hydrogens (tertiary/aromatic N) is 3. The molecule has 0 N–H and O–H groups in total. The molecule has 0 amide bonds. The standard InChI is InChI=1S/C17H23N3/c18-12-15-5-7-16(8-6-15)13-19-9-3-4-17(14-19)20-10-1-2-11-20/h5-8,17H,1-4,9-11,13-14H2/t17-/m0/s1. The lowest BCUT2D eigenvalue weighted by Gasteiger charge is -2.37. The van der Waals surface area contributed by atoms with Crippen LogP contribution in [0.15, 0.2) is 24.3 Å². The van der Waals surface area contributed by atoms with Gasteiger partial charge in [-0.05, 0) is 63.0 Å². The van der Waals surface area contributed by atoms with E-state index in [4.69, 9.17) is 5.26 Å². The molecule has 0 unspecified atom stereocenters. The van der Waals surface area contributed by atoms with Gasteiger partial charge < -0.3 is 0 Å². The van der Waals surface area contributed by atoms with Crippen LogP contribution in [0.4, 0.5) is 0 Å². The summed E-state index contributed by atoms with van der Waals surface area (Å²) in [5, 5.41) is 8.84. The van der Waals surface area contributed by atoms with Crippen molar-refractivity contribution >= 4 is 0 Å². The van der Waals surface area contributed by atoms with Crippen LogP contribution < -0.4 is 0 Å². The minimum absolute atomic E-state index is 0.752. The third-order valence-electron chi connectivity index (χ3n) is 4.63. The molecule has 106 valence electrons. The van der Waals surface area contributed by atoms with Crippen LogP contribution in [0.3, 0.4) is 0 Å². The van der Waals surface area contributed by atoms with Gasteiger partial charge in [-0.1, -0.05) is 12.1 Å². The van der Waals surface area contributed by atoms with E-state index in [1.54, 1.807) is 0 Å². The fourth-order valence-electron chi connectivity index (χ4n) is 3.52. The Bertz CT molecular complexity index is 468. The molecule has 3 nitrogen and oxygen atoms in total. The molecule has 0 spiro atoms. The average Bonchev–Trinajstić information content (AvgIpc) is 3.03. The Balaban J connectivity index is 1.57. The van der Waals surface area contributed by atoms with Crippen molar-refractivity contribution in [2.24, 2.45) is 0 Å². The average molecular weight is 269 g/mol. The Morgan fingerprint density at radius 1 is 1.05 bits per heavy atom. The maximum atomic E-state index is 8.84. The summed E-state index contributed by atoms with van der Waals surface area (Å²) in [5.74, 6) is 0. The van der Waals surface area contributed by atoms with Crippen molar-refractivity contribution in [3.05, 3.63) is 35.4 Å². The van der Waals surface area contributed by atoms with E-state index < -0.39 is 0 Å². The number of hydrogen-bond acceptors (Lipinski definition) is 3. The van der Waals surface area contributed by atoms with E-state index in [-0.39, 0.29) is 0 Å². The van der Waals surface area contributed by atoms with Crippen LogP contribution in [0.5, 0.6) is 0 Å². The molecule has 3 heteroatoms. The maximum Gasteiger partial charge on any atom is 0.0991 e. The quantitative estimate of drug-likeness (QED) is 0.845. The third kappa shape index (κ3) is 3.20. The summed E-state index contributed by atoms with van der Waals surface area (Å²) in [6.45, 7) is 6.05. The summed E-state index contributed by atoms with van der Waals surface area (Å²) in [5.41, 5.74) is 2.08. The van der Waals surface area contributed by atoms with Gasteiger partial charge in [-0.2, -0.15) is 5.26 Å². The van der Waals surface area contributed by atoms with E-state index in [0.29, 0.717) is 0 Å². The lowest BCUT2D eigenvalue weighted by molar-refractivity contribution is 0.110. The fourth-order valence-corrected chi connectivity index (χ4v) is 3.52. The van der Waals surface area contributed by atoms with E-state index in [1.807, 2.05) is 12.1 Å². The highest BCUT2D eigenvalue weighted by atomic mass is 15.2. The highest BCUT2D eigenvalue weighted by Crippen LogP contribution is 2.21. The largest absolute Gasteiger partial charge is 0.299 e. The minimum atomic E-state index is 0.752. The molecule has 0 bridgehead atoms. The zero-order chi connectivity index (χ0) is 13.8. The van der Waals surface area contributed by atoms with Gasteiger partial charge in [-0.3, -0.25) is 9.80 Å². The molecule has 1 aromatic carbocycles. The van der Waals surface area contributed by atoms with E-state index in [9.17, 15) is 0 Å². The number of nitriles is 1. The molecule has 2 aliphatic heterocycles. The SMILES string of the molecule is N#Cc1ccc(CN2CCC[C@H](N3CCCC3)C2)cc1. The molecule has 1 atom stereocenters. The summed E-state index contributed by atoms with van der Waals surface area (Å²) in [6, 6.07) is 11.0. The van der Waals surface area contributed by atoms with E-state index in [0.717, 1.165) is 18.2 Å². The van der Waals surface area contributed by atoms with Crippen molar-refractivity contribution in [2.45, 2.75) is 38.3 Å². The summed E-state index contributed by atoms with van der Waals surface area (Å²) in [7, 11) is 0. The highest BCUT2D eigenvalue weighted by Gasteiger charge is 2.26. The first-order valence-corrected chi connectivity index (χ1v) is 7.80. The molecule has 1 aromatic rings. The Morgan fingerprint density at radius 3 is 2.50 bits per heavy atom. The zero-order valence-electron chi connectivity index (χ0n) is 12.1. The van der Waals surface area contributed by atoms with Crippen LogP contribution in [0.25, 0.3) is 0 Å². The van der Waals surface area contributed by atoms with Gasteiger partial charge in [0.2, 0.25) is 0 Å². The smallest absolute Gasteiger partial charge is 0.0991 e. The summed E-state index contributed by atoms with van der Waals surface area (Å²) in [6.07, 6.45) is 5.44. The molecule has 0 aliphatic carbocycles. The van der Waals surface area contributed by atoms with Gasteiger partial charge in [0.1, 0.15) is 0 Å². The lowest BCUT2D eigenvalue weighted by Crippen LogP contribution is -2.46. The van der Waals surface area contributed by atoms with Gasteiger partial charge in [-0.15, -0.1) is 0 Å². The number of likely N-dealkylation sites (tertiary alicyclic amines) is 2. The van der Waals surface area contributed by atoms with E-state index in [2.05, 4.69) is 28.0 Å². The van der Waals surface area contributed by atoms with Crippen LogP contribution in [0, 0.1) is 11.3 Å². The Labute approximate surface area is 121 Å². The van der Waals surface area contributed by atoms with Gasteiger partial charge in [0, 0.05) is 19.1 Å². The molecular weight excluding hydrogens is 246 g/mol. The fraction of sp³-hybridized carbons (Fsp3) is 0.588. The summed E-state index contributed by atoms with van der Waals surface area (Å²) >= 11 is 0. The second kappa shape index (κ2) is 6.39. The highest BCUT2D eigenvalue weighted by molar-refractivity contribution is 5.31. The van der Waals surface area contributed by atoms with Gasteiger partial charge in [0.25, 0.3) is 0 Å². The van der Waals surface area contributed by atoms with E-state index >= 15 is 0 Å². The maximum absolute atomic E-state index is 8.84. The predicted molar refractivity (Wildman–Crippen MR) is 80.3 cm³/mol. The van der Waals surface area contributed by atoms with Crippen LogP contribution in [-0.2, 0) is 6.54 Å². The first kappa shape index (κ1) is 13.6. The Hall–Kier alpha value is -1.37. The number of hydrogen-bond donors (Lipinski definition) is 0. The molecule has 0 saturated carbocycles. The minimum Gasteiger partial charge on any atom is -0.299 e. The zero-order valence-corrected chi connectivity index (χ0v) is 12.1. The van der Waals surface area contributed by atoms with Crippen LogP contribution in [0.2, 0.25) is 0 Å². The molecule has 2 heterocycles. The van der Waals surface area contributed by atoms with Crippen LogP contribution >= 0.6 is 0 Å². The van der Waals surface area contributed by atoms with Crippen molar-refractivity contribution in [2.75, 3.05) is 26.2 Å². The van der Waals surface area contributed by atoms with Gasteiger partial charge in [-0.25, -0.2) is 0 Å². The summed E-state index contributed by atoms with van der Waals surface area (Å²) in [4.78, 5) is 5.26. The summed E-state index contributed by atoms with van der Waals surface area (Å²) < 4.78 is 0. The van der Waals surface area contributed by atoms with E-state index in [1.165, 1.54) is 57.4 Å². The lowest BCUT2D eigenvalue weighted by atomic mass is 10.0. The molecule has 2 saturated heterocycles. The number of rotatable bonds is 3. The van der Waals surface area contributed by atoms with Gasteiger partial charge in [0.15, 0.2) is 0 Å². The number of benzene rings is 1. The molecule has 0 radical (unpaired) electrons. The monoisotopic (exact) mass is 269 g/mol. The molecular formula is C17H23N3. The van der Waals surface area contributed by atoms with Crippen LogP contribution in [-0.4, -0.2) is 42.0 Å². The Morgan fingerprint density at radius 2 is 1.80 bits per heavy atom. The number of piperidine rings is 1. The van der Waals surface area contributed by atoms with Crippen molar-refractivity contribution in [1.82, 2.24) is 9.80 Å². The first-order valence-electron chi connectivity index (χ1n) is 7.80. The first-order chi connectivity index (χ1) is 9.85. The van der Waals surface area contributed by atoms with Gasteiger partial charge >= 0.3 is 0 Å². The predicted octanol–water partition coefficient (Wildman–Crippen LogP) is 2.62. The van der Waals surface area contributed by atoms with Crippen molar-refractivity contribution in [1.29, 1.82) is 5.26 Å². The molecule has 2 aliphatic rings. The second-order valence-corrected chi connectivity index (χ2v) is 6.08. The normalized spacial score (nSPS) is 24.6. The van der Waals surface area contributed by atoms with Crippen molar-refractivity contribution in [3.63, 3.8) is 0 Å². The van der Waals surface area contributed by atoms with Gasteiger partial charge in [0.05, 0.1) is 11.6 Å². The topological polar surface area (TPSA) is 30.3 Å². The molecule has 2 fully saturated rings. The van der Waals surface area contributed by atoms with Crippen molar-refractivity contribution < 1.29 is 0 Å². The Kier molecular flexibility index (Phi) is 4.34. The molecule has 0 aromatic heterocycles. The van der Waals surface area contributed by atoms with Crippen LogP contribution in [0.1, 0.15) is 36.8 Å². The molecule has 20 heavy (non-hydrogen) atoms. The molecule has 3 rings (SSSR count).